The van der Waals surface area contributed by atoms with Gasteiger partial charge < -0.3 is 15.0 Å². The zero-order valence-corrected chi connectivity index (χ0v) is 26.7. The maximum atomic E-state index is 14.6. The monoisotopic (exact) mass is 655 g/mol. The number of methoxy groups -OCH3 is 1. The lowest BCUT2D eigenvalue weighted by Gasteiger charge is -2.25. The van der Waals surface area contributed by atoms with Gasteiger partial charge in [0, 0.05) is 31.8 Å². The second-order valence-corrected chi connectivity index (χ2v) is 13.8. The van der Waals surface area contributed by atoms with E-state index < -0.39 is 22.0 Å². The molecule has 1 aliphatic carbocycles. The normalized spacial score (nSPS) is 19.7. The molecule has 1 saturated heterocycles. The summed E-state index contributed by atoms with van der Waals surface area (Å²) in [6.07, 6.45) is 2.06. The molecule has 236 valence electrons. The van der Waals surface area contributed by atoms with Gasteiger partial charge in [-0.1, -0.05) is 17.7 Å². The van der Waals surface area contributed by atoms with Crippen LogP contribution in [0.5, 0.6) is 5.88 Å². The molecule has 4 heterocycles. The number of aromatic nitrogens is 4. The van der Waals surface area contributed by atoms with Gasteiger partial charge in [0.1, 0.15) is 11.0 Å². The molecule has 0 spiro atoms. The maximum Gasteiger partial charge on any atom is 0.285 e. The topological polar surface area (TPSA) is 148 Å². The molecule has 1 unspecified atom stereocenters. The van der Waals surface area contributed by atoms with Gasteiger partial charge in [-0.15, -0.1) is 0 Å². The summed E-state index contributed by atoms with van der Waals surface area (Å²) in [7, 11) is -0.665. The smallest absolute Gasteiger partial charge is 0.285 e. The number of hydrogen-bond donors (Lipinski definition) is 2. The third-order valence-electron chi connectivity index (χ3n) is 8.43. The van der Waals surface area contributed by atoms with Crippen molar-refractivity contribution in [1.29, 1.82) is 0 Å². The number of nitrogens with zero attached hydrogens (tertiary/aromatic N) is 5. The van der Waals surface area contributed by atoms with Crippen LogP contribution in [0.25, 0.3) is 10.9 Å². The van der Waals surface area contributed by atoms with Crippen LogP contribution in [0, 0.1) is 24.6 Å². The van der Waals surface area contributed by atoms with Crippen molar-refractivity contribution < 1.29 is 22.3 Å². The van der Waals surface area contributed by atoms with Crippen molar-refractivity contribution in [3.8, 4) is 5.88 Å². The Balaban J connectivity index is 1.32. The van der Waals surface area contributed by atoms with E-state index in [9.17, 15) is 22.4 Å². The fourth-order valence-electron chi connectivity index (χ4n) is 6.36. The summed E-state index contributed by atoms with van der Waals surface area (Å²) >= 11 is 6.03. The molecule has 15 heteroatoms. The van der Waals surface area contributed by atoms with Gasteiger partial charge in [0.25, 0.3) is 11.5 Å². The van der Waals surface area contributed by atoms with Crippen molar-refractivity contribution in [2.75, 3.05) is 36.7 Å². The van der Waals surface area contributed by atoms with Gasteiger partial charge in [-0.2, -0.15) is 0 Å². The van der Waals surface area contributed by atoms with Gasteiger partial charge in [0.05, 0.1) is 42.2 Å². The first-order chi connectivity index (χ1) is 21.3. The van der Waals surface area contributed by atoms with Gasteiger partial charge in [-0.3, -0.25) is 14.2 Å². The largest absolute Gasteiger partial charge is 0.481 e. The Hall–Kier alpha value is -4.30. The number of nitrogens with one attached hydrogen (secondary N) is 2. The van der Waals surface area contributed by atoms with Gasteiger partial charge in [-0.25, -0.2) is 32.5 Å². The van der Waals surface area contributed by atoms with Crippen molar-refractivity contribution >= 4 is 50.1 Å². The summed E-state index contributed by atoms with van der Waals surface area (Å²) in [5.41, 5.74) is 2.45. The van der Waals surface area contributed by atoms with E-state index in [-0.39, 0.29) is 45.7 Å². The van der Waals surface area contributed by atoms with Crippen LogP contribution in [-0.2, 0) is 17.1 Å². The van der Waals surface area contributed by atoms with Crippen LogP contribution in [0.2, 0.25) is 5.15 Å². The number of halogens is 2. The lowest BCUT2D eigenvalue weighted by atomic mass is 10.0. The zero-order valence-electron chi connectivity index (χ0n) is 25.1. The van der Waals surface area contributed by atoms with Gasteiger partial charge >= 0.3 is 0 Å². The molecule has 2 N–H and O–H groups in total. The molecule has 4 aromatic rings. The van der Waals surface area contributed by atoms with E-state index in [0.717, 1.165) is 11.8 Å². The summed E-state index contributed by atoms with van der Waals surface area (Å²) < 4.78 is 46.7. The predicted molar refractivity (Wildman–Crippen MR) is 168 cm³/mol. The highest BCUT2D eigenvalue weighted by Crippen LogP contribution is 2.59. The van der Waals surface area contributed by atoms with Crippen LogP contribution >= 0.6 is 11.6 Å². The maximum absolute atomic E-state index is 14.6. The van der Waals surface area contributed by atoms with Crippen molar-refractivity contribution in [1.82, 2.24) is 24.2 Å². The van der Waals surface area contributed by atoms with E-state index >= 15 is 0 Å². The lowest BCUT2D eigenvalue weighted by Crippen LogP contribution is -2.32. The SMILES string of the molecule is COc1cc(C2[C@H]3CN(c4nc5c([C@@H](C)Nc6ccc(Cl)nc6C(=O)NS(C)(=O)=O)cc(C)cc5c(=O)n4C)C[C@@H]23)c(F)cn1. The molecule has 1 saturated carbocycles. The second-order valence-electron chi connectivity index (χ2n) is 11.6. The summed E-state index contributed by atoms with van der Waals surface area (Å²) in [6.45, 7) is 4.93. The standard InChI is InChI=1S/C30H31ClFN7O5S/c1-14-8-16(15(2)34-22-6-7-23(31)35-27(22)28(40)37-45(5,42)43)26-18(9-14)29(41)38(3)30(36-26)39-12-19-20(13-39)25(19)17-10-24(44-4)33-11-21(17)32/h6-11,15,19-20,25,34H,12-13H2,1-5H3,(H,37,40)/t15-,19-,20+,25?/m1/s1. The summed E-state index contributed by atoms with van der Waals surface area (Å²) in [4.78, 5) is 41.5. The molecule has 3 aromatic heterocycles. The van der Waals surface area contributed by atoms with E-state index in [2.05, 4.69) is 20.2 Å². The number of fused-ring (bicyclic) bond motifs is 2. The van der Waals surface area contributed by atoms with E-state index in [4.69, 9.17) is 21.3 Å². The van der Waals surface area contributed by atoms with Crippen LogP contribution in [0.4, 0.5) is 16.0 Å². The average Bonchev–Trinajstić information content (AvgIpc) is 3.46. The number of piperidine rings is 1. The molecule has 4 atom stereocenters. The van der Waals surface area contributed by atoms with E-state index in [0.29, 0.717) is 46.9 Å². The lowest BCUT2D eigenvalue weighted by molar-refractivity contribution is 0.0977. The summed E-state index contributed by atoms with van der Waals surface area (Å²) in [5.74, 6) is 0.0266. The minimum atomic E-state index is -3.85. The third kappa shape index (κ3) is 5.79. The Labute approximate surface area is 263 Å². The van der Waals surface area contributed by atoms with E-state index in [1.807, 2.05) is 24.6 Å². The Morgan fingerprint density at radius 2 is 1.89 bits per heavy atom. The average molecular weight is 656 g/mol. The van der Waals surface area contributed by atoms with Crippen LogP contribution in [0.1, 0.15) is 46.1 Å². The first kappa shape index (κ1) is 30.7. The van der Waals surface area contributed by atoms with Crippen molar-refractivity contribution in [3.63, 3.8) is 0 Å². The number of carbonyl (C=O) groups excluding carboxylic acids is 1. The molecule has 1 aromatic carbocycles. The van der Waals surface area contributed by atoms with E-state index in [1.54, 1.807) is 19.2 Å². The minimum Gasteiger partial charge on any atom is -0.481 e. The highest BCUT2D eigenvalue weighted by Gasteiger charge is 2.57. The summed E-state index contributed by atoms with van der Waals surface area (Å²) in [5, 5.41) is 3.67. The van der Waals surface area contributed by atoms with Crippen molar-refractivity contribution in [2.24, 2.45) is 18.9 Å². The first-order valence-electron chi connectivity index (χ1n) is 14.2. The van der Waals surface area contributed by atoms with E-state index in [1.165, 1.54) is 30.0 Å². The molecule has 6 rings (SSSR count). The quantitative estimate of drug-likeness (QED) is 0.270. The number of hydrogen-bond acceptors (Lipinski definition) is 10. The van der Waals surface area contributed by atoms with Crippen LogP contribution in [0.15, 0.2) is 41.3 Å². The highest BCUT2D eigenvalue weighted by atomic mass is 35.5. The molecule has 45 heavy (non-hydrogen) atoms. The number of carbonyl (C=O) groups is 1. The Morgan fingerprint density at radius 3 is 2.56 bits per heavy atom. The Bertz CT molecular complexity index is 2030. The number of amides is 1. The summed E-state index contributed by atoms with van der Waals surface area (Å²) in [6, 6.07) is 7.88. The number of rotatable bonds is 8. The molecular weight excluding hydrogens is 625 g/mol. The number of pyridine rings is 2. The fourth-order valence-corrected chi connectivity index (χ4v) is 6.94. The Morgan fingerprint density at radius 1 is 1.18 bits per heavy atom. The fraction of sp³-hybridized carbons (Fsp3) is 0.367. The number of benzene rings is 1. The first-order valence-corrected chi connectivity index (χ1v) is 16.4. The van der Waals surface area contributed by atoms with Crippen molar-refractivity contribution in [2.45, 2.75) is 25.8 Å². The van der Waals surface area contributed by atoms with Crippen LogP contribution in [0.3, 0.4) is 0 Å². The third-order valence-corrected chi connectivity index (χ3v) is 9.20. The molecule has 1 aliphatic heterocycles. The molecule has 0 radical (unpaired) electrons. The predicted octanol–water partition coefficient (Wildman–Crippen LogP) is 3.55. The zero-order chi connectivity index (χ0) is 32.4. The number of sulfonamides is 1. The number of anilines is 2. The van der Waals surface area contributed by atoms with Gasteiger partial charge in [0.2, 0.25) is 21.9 Å². The number of aryl methyl sites for hydroxylation is 1. The minimum absolute atomic E-state index is 0.0133. The van der Waals surface area contributed by atoms with Gasteiger partial charge in [-0.05, 0) is 60.9 Å². The van der Waals surface area contributed by atoms with Gasteiger partial charge in [0.15, 0.2) is 5.69 Å². The molecule has 12 nitrogen and oxygen atoms in total. The molecule has 2 fully saturated rings. The van der Waals surface area contributed by atoms with Crippen LogP contribution < -0.4 is 25.2 Å². The Kier molecular flexibility index (Phi) is 7.68. The molecular formula is C30H31ClFN7O5S. The van der Waals surface area contributed by atoms with Crippen molar-refractivity contribution in [3.05, 3.63) is 80.2 Å². The molecule has 2 aliphatic rings. The second kappa shape index (κ2) is 11.2. The van der Waals surface area contributed by atoms with Crippen LogP contribution in [-0.4, -0.2) is 60.3 Å². The molecule has 1 amide bonds. The highest BCUT2D eigenvalue weighted by molar-refractivity contribution is 7.89. The number of ether oxygens (including phenoxy) is 1. The molecule has 0 bridgehead atoms.